The minimum Gasteiger partial charge on any atom is -0.393 e. The molecule has 1 heterocycles. The smallest absolute Gasteiger partial charge is 0.0900 e. The van der Waals surface area contributed by atoms with Crippen LogP contribution in [0.4, 0.5) is 0 Å². The van der Waals surface area contributed by atoms with E-state index < -0.39 is 6.10 Å². The van der Waals surface area contributed by atoms with Gasteiger partial charge >= 0.3 is 0 Å². The van der Waals surface area contributed by atoms with Gasteiger partial charge in [0.15, 0.2) is 0 Å². The molecule has 0 amide bonds. The highest BCUT2D eigenvalue weighted by atomic mass is 16.5. The Morgan fingerprint density at radius 2 is 1.75 bits per heavy atom. The Bertz CT molecular complexity index is 273. The van der Waals surface area contributed by atoms with Crippen molar-refractivity contribution in [3.8, 4) is 0 Å². The predicted molar refractivity (Wildman–Crippen MR) is 81.8 cm³/mol. The minimum atomic E-state index is -0.472. The van der Waals surface area contributed by atoms with Gasteiger partial charge in [-0.25, -0.2) is 0 Å². The number of ether oxygens (including phenoxy) is 1. The van der Waals surface area contributed by atoms with Gasteiger partial charge in [-0.15, -0.1) is 0 Å². The van der Waals surface area contributed by atoms with E-state index in [4.69, 9.17) is 4.74 Å². The molecule has 1 atom stereocenters. The second-order valence-corrected chi connectivity index (χ2v) is 7.38. The molecule has 2 N–H and O–H groups in total. The molecule has 1 rings (SSSR count). The van der Waals surface area contributed by atoms with Crippen LogP contribution in [0.1, 0.15) is 60.3 Å². The molecule has 1 aliphatic heterocycles. The maximum atomic E-state index is 10.2. The summed E-state index contributed by atoms with van der Waals surface area (Å²) in [6.45, 7) is 12.4. The molecule has 0 aromatic heterocycles. The summed E-state index contributed by atoms with van der Waals surface area (Å²) in [6, 6.07) is 0. The van der Waals surface area contributed by atoms with Crippen molar-refractivity contribution in [3.05, 3.63) is 0 Å². The number of aliphatic hydroxyl groups excluding tert-OH is 2. The first-order valence-corrected chi connectivity index (χ1v) is 7.90. The number of rotatable bonds is 7. The second kappa shape index (κ2) is 7.21. The molecule has 0 saturated carbocycles. The van der Waals surface area contributed by atoms with Crippen molar-refractivity contribution in [2.24, 2.45) is 0 Å². The van der Waals surface area contributed by atoms with Crippen molar-refractivity contribution in [2.75, 3.05) is 19.8 Å². The van der Waals surface area contributed by atoms with Crippen molar-refractivity contribution >= 4 is 0 Å². The third-order valence-electron chi connectivity index (χ3n) is 4.28. The molecule has 4 nitrogen and oxygen atoms in total. The maximum Gasteiger partial charge on any atom is 0.0900 e. The average molecular weight is 287 g/mol. The van der Waals surface area contributed by atoms with E-state index in [1.54, 1.807) is 0 Å². The molecule has 0 bridgehead atoms. The monoisotopic (exact) mass is 287 g/mol. The zero-order valence-electron chi connectivity index (χ0n) is 13.9. The highest BCUT2D eigenvalue weighted by Crippen LogP contribution is 2.38. The van der Waals surface area contributed by atoms with Gasteiger partial charge in [0.2, 0.25) is 0 Å². The molecule has 0 aliphatic carbocycles. The molecule has 0 radical (unpaired) electrons. The van der Waals surface area contributed by atoms with E-state index in [1.165, 1.54) is 0 Å². The SMILES string of the molecule is CCCCOCC(O)CN1C(C)(C)CC(O)CC1(C)C. The lowest BCUT2D eigenvalue weighted by molar-refractivity contribution is -0.104. The Hall–Kier alpha value is -0.160. The standard InChI is InChI=1S/C16H33NO3/c1-6-7-8-20-12-14(19)11-17-15(2,3)9-13(18)10-16(17,4)5/h13-14,18-19H,6-12H2,1-5H3. The van der Waals surface area contributed by atoms with Crippen molar-refractivity contribution < 1.29 is 14.9 Å². The minimum absolute atomic E-state index is 0.106. The van der Waals surface area contributed by atoms with Gasteiger partial charge < -0.3 is 14.9 Å². The molecule has 20 heavy (non-hydrogen) atoms. The van der Waals surface area contributed by atoms with Crippen LogP contribution >= 0.6 is 0 Å². The van der Waals surface area contributed by atoms with Crippen molar-refractivity contribution in [1.29, 1.82) is 0 Å². The average Bonchev–Trinajstić information content (AvgIpc) is 2.28. The van der Waals surface area contributed by atoms with Gasteiger partial charge in [0, 0.05) is 24.2 Å². The summed E-state index contributed by atoms with van der Waals surface area (Å²) in [7, 11) is 0. The molecular formula is C16H33NO3. The van der Waals surface area contributed by atoms with Crippen molar-refractivity contribution in [1.82, 2.24) is 4.90 Å². The van der Waals surface area contributed by atoms with Gasteiger partial charge in [-0.3, -0.25) is 4.90 Å². The second-order valence-electron chi connectivity index (χ2n) is 7.38. The van der Waals surface area contributed by atoms with Crippen LogP contribution in [-0.4, -0.2) is 58.2 Å². The number of hydrogen-bond donors (Lipinski definition) is 2. The quantitative estimate of drug-likeness (QED) is 0.705. The van der Waals surface area contributed by atoms with Crippen LogP contribution in [0.15, 0.2) is 0 Å². The first-order valence-electron chi connectivity index (χ1n) is 7.90. The first kappa shape index (κ1) is 17.9. The largest absolute Gasteiger partial charge is 0.393 e. The highest BCUT2D eigenvalue weighted by molar-refractivity contribution is 5.00. The molecule has 0 aromatic carbocycles. The van der Waals surface area contributed by atoms with Crippen LogP contribution in [-0.2, 0) is 4.74 Å². The Kier molecular flexibility index (Phi) is 6.45. The summed E-state index contributed by atoms with van der Waals surface area (Å²) >= 11 is 0. The van der Waals surface area contributed by atoms with E-state index in [0.717, 1.165) is 32.3 Å². The van der Waals surface area contributed by atoms with E-state index in [-0.39, 0.29) is 17.2 Å². The van der Waals surface area contributed by atoms with Crippen LogP contribution in [0.5, 0.6) is 0 Å². The third-order valence-corrected chi connectivity index (χ3v) is 4.28. The van der Waals surface area contributed by atoms with Crippen LogP contribution in [0.3, 0.4) is 0 Å². The predicted octanol–water partition coefficient (Wildman–Crippen LogP) is 2.18. The van der Waals surface area contributed by atoms with Gasteiger partial charge in [0.1, 0.15) is 0 Å². The molecule has 1 unspecified atom stereocenters. The van der Waals surface area contributed by atoms with E-state index in [2.05, 4.69) is 39.5 Å². The summed E-state index contributed by atoms with van der Waals surface area (Å²) in [5, 5.41) is 20.2. The Morgan fingerprint density at radius 3 is 2.25 bits per heavy atom. The number of β-amino-alcohol motifs (C(OH)–C–C–N with tert-alkyl or cyclic N) is 1. The topological polar surface area (TPSA) is 52.9 Å². The van der Waals surface area contributed by atoms with Gasteiger partial charge in [-0.1, -0.05) is 13.3 Å². The van der Waals surface area contributed by atoms with E-state index in [0.29, 0.717) is 13.2 Å². The lowest BCUT2D eigenvalue weighted by Crippen LogP contribution is -2.63. The van der Waals surface area contributed by atoms with E-state index in [1.807, 2.05) is 0 Å². The first-order chi connectivity index (χ1) is 9.19. The lowest BCUT2D eigenvalue weighted by Gasteiger charge is -2.55. The van der Waals surface area contributed by atoms with Gasteiger partial charge in [-0.05, 0) is 47.0 Å². The fraction of sp³-hybridized carbons (Fsp3) is 1.00. The zero-order chi connectivity index (χ0) is 15.4. The number of hydrogen-bond acceptors (Lipinski definition) is 4. The normalized spacial score (nSPS) is 24.8. The number of unbranched alkanes of at least 4 members (excludes halogenated alkanes) is 1. The Balaban J connectivity index is 2.54. The fourth-order valence-electron chi connectivity index (χ4n) is 3.49. The molecular weight excluding hydrogens is 254 g/mol. The molecule has 0 aromatic rings. The number of aliphatic hydroxyl groups is 2. The lowest BCUT2D eigenvalue weighted by atomic mass is 9.78. The number of piperidine rings is 1. The van der Waals surface area contributed by atoms with Gasteiger partial charge in [0.05, 0.1) is 18.8 Å². The molecule has 0 spiro atoms. The molecule has 1 aliphatic rings. The Labute approximate surface area is 124 Å². The van der Waals surface area contributed by atoms with Gasteiger partial charge in [-0.2, -0.15) is 0 Å². The summed E-state index contributed by atoms with van der Waals surface area (Å²) < 4.78 is 5.51. The Morgan fingerprint density at radius 1 is 1.20 bits per heavy atom. The van der Waals surface area contributed by atoms with Gasteiger partial charge in [0.25, 0.3) is 0 Å². The summed E-state index contributed by atoms with van der Waals surface area (Å²) in [5.74, 6) is 0. The van der Waals surface area contributed by atoms with Crippen molar-refractivity contribution in [3.63, 3.8) is 0 Å². The maximum absolute atomic E-state index is 10.2. The third kappa shape index (κ3) is 4.99. The van der Waals surface area contributed by atoms with Crippen molar-refractivity contribution in [2.45, 2.75) is 83.6 Å². The summed E-state index contributed by atoms with van der Waals surface area (Å²) in [4.78, 5) is 2.32. The van der Waals surface area contributed by atoms with Crippen LogP contribution in [0, 0.1) is 0 Å². The number of nitrogens with zero attached hydrogens (tertiary/aromatic N) is 1. The summed E-state index contributed by atoms with van der Waals surface area (Å²) in [5.41, 5.74) is -0.211. The molecule has 1 saturated heterocycles. The van der Waals surface area contributed by atoms with Crippen LogP contribution < -0.4 is 0 Å². The molecule has 4 heteroatoms. The highest BCUT2D eigenvalue weighted by Gasteiger charge is 2.45. The fourth-order valence-corrected chi connectivity index (χ4v) is 3.49. The zero-order valence-corrected chi connectivity index (χ0v) is 13.9. The van der Waals surface area contributed by atoms with Crippen LogP contribution in [0.25, 0.3) is 0 Å². The number of likely N-dealkylation sites (tertiary alicyclic amines) is 1. The van der Waals surface area contributed by atoms with Crippen LogP contribution in [0.2, 0.25) is 0 Å². The van der Waals surface area contributed by atoms with E-state index in [9.17, 15) is 10.2 Å². The molecule has 120 valence electrons. The molecule has 1 fully saturated rings. The summed E-state index contributed by atoms with van der Waals surface area (Å²) in [6.07, 6.45) is 2.93. The van der Waals surface area contributed by atoms with E-state index >= 15 is 0 Å².